The average molecular weight is 256 g/mol. The molecule has 96 valence electrons. The van der Waals surface area contributed by atoms with E-state index >= 15 is 0 Å². The number of hydrogen-bond donors (Lipinski definition) is 2. The number of carboxylic acids is 1. The standard InChI is InChI=1S/C14H12N2O3/c17-7-8-3-1-5-10-12(8)15-11-6-2-4-9(14(18)19)13(11)16-10/h1,3,5-7,9,17H,2,4H2,(H,18,19). The highest BCUT2D eigenvalue weighted by Gasteiger charge is 2.25. The molecule has 0 bridgehead atoms. The molecule has 0 spiro atoms. The van der Waals surface area contributed by atoms with Crippen molar-refractivity contribution in [2.24, 2.45) is 0 Å². The van der Waals surface area contributed by atoms with Crippen LogP contribution in [0.5, 0.6) is 0 Å². The minimum atomic E-state index is -0.868. The molecule has 1 unspecified atom stereocenters. The summed E-state index contributed by atoms with van der Waals surface area (Å²) in [7, 11) is 0. The van der Waals surface area contributed by atoms with E-state index in [1.165, 1.54) is 0 Å². The molecule has 2 N–H and O–H groups in total. The van der Waals surface area contributed by atoms with E-state index in [0.717, 1.165) is 6.26 Å². The van der Waals surface area contributed by atoms with Crippen molar-refractivity contribution in [3.63, 3.8) is 0 Å². The lowest BCUT2D eigenvalue weighted by atomic mass is 9.94. The summed E-state index contributed by atoms with van der Waals surface area (Å²) >= 11 is 0. The number of rotatable bonds is 1. The van der Waals surface area contributed by atoms with Gasteiger partial charge in [0.25, 0.3) is 0 Å². The second-order valence-electron chi connectivity index (χ2n) is 4.51. The molecule has 3 rings (SSSR count). The van der Waals surface area contributed by atoms with Gasteiger partial charge in [0, 0.05) is 5.22 Å². The van der Waals surface area contributed by atoms with Gasteiger partial charge in [-0.05, 0) is 25.0 Å². The lowest BCUT2D eigenvalue weighted by molar-refractivity contribution is -0.139. The van der Waals surface area contributed by atoms with Crippen molar-refractivity contribution in [3.8, 4) is 0 Å². The van der Waals surface area contributed by atoms with Crippen LogP contribution in [0.2, 0.25) is 0 Å². The van der Waals surface area contributed by atoms with Crippen LogP contribution >= 0.6 is 0 Å². The van der Waals surface area contributed by atoms with Gasteiger partial charge in [-0.1, -0.05) is 12.1 Å². The minimum absolute atomic E-state index is 0.515. The van der Waals surface area contributed by atoms with Crippen molar-refractivity contribution in [2.75, 3.05) is 0 Å². The number of aliphatic carboxylic acids is 1. The average Bonchev–Trinajstić information content (AvgIpc) is 2.43. The fraction of sp³-hybridized carbons (Fsp3) is 0.214. The van der Waals surface area contributed by atoms with Crippen LogP contribution in [0.25, 0.3) is 23.4 Å². The summed E-state index contributed by atoms with van der Waals surface area (Å²) in [6.45, 7) is 0. The van der Waals surface area contributed by atoms with Crippen LogP contribution in [0.4, 0.5) is 0 Å². The molecule has 0 aliphatic heterocycles. The molecule has 1 aliphatic carbocycles. The number of hydrogen-bond acceptors (Lipinski definition) is 4. The van der Waals surface area contributed by atoms with E-state index in [-0.39, 0.29) is 0 Å². The summed E-state index contributed by atoms with van der Waals surface area (Å²) in [5.41, 5.74) is 1.70. The molecule has 19 heavy (non-hydrogen) atoms. The SMILES string of the molecule is O=C(O)C1CCC=c2nc3c(=CO)cccc3nc21. The first kappa shape index (κ1) is 11.6. The van der Waals surface area contributed by atoms with Gasteiger partial charge in [-0.2, -0.15) is 0 Å². The Balaban J connectivity index is 2.37. The fourth-order valence-corrected chi connectivity index (χ4v) is 2.40. The zero-order chi connectivity index (χ0) is 13.4. The molecule has 2 aromatic rings. The van der Waals surface area contributed by atoms with Gasteiger partial charge in [-0.15, -0.1) is 0 Å². The summed E-state index contributed by atoms with van der Waals surface area (Å²) in [6.07, 6.45) is 4.11. The number of carbonyl (C=O) groups is 1. The molecule has 1 aromatic heterocycles. The third kappa shape index (κ3) is 1.83. The van der Waals surface area contributed by atoms with E-state index < -0.39 is 11.9 Å². The second kappa shape index (κ2) is 4.35. The van der Waals surface area contributed by atoms with E-state index in [2.05, 4.69) is 9.97 Å². The van der Waals surface area contributed by atoms with E-state index in [1.54, 1.807) is 18.2 Å². The van der Waals surface area contributed by atoms with Crippen molar-refractivity contribution in [2.45, 2.75) is 18.8 Å². The highest BCUT2D eigenvalue weighted by molar-refractivity contribution is 5.79. The Bertz CT molecular complexity index is 783. The quantitative estimate of drug-likeness (QED) is 0.783. The molecule has 0 saturated carbocycles. The van der Waals surface area contributed by atoms with E-state index in [0.29, 0.717) is 40.1 Å². The van der Waals surface area contributed by atoms with Gasteiger partial charge in [0.05, 0.1) is 28.3 Å². The fourth-order valence-electron chi connectivity index (χ4n) is 2.40. The monoisotopic (exact) mass is 256 g/mol. The van der Waals surface area contributed by atoms with Gasteiger partial charge in [0.15, 0.2) is 0 Å². The maximum Gasteiger partial charge on any atom is 0.312 e. The first-order valence-electron chi connectivity index (χ1n) is 6.05. The van der Waals surface area contributed by atoms with Crippen molar-refractivity contribution in [1.29, 1.82) is 0 Å². The van der Waals surface area contributed by atoms with Crippen LogP contribution in [0.3, 0.4) is 0 Å². The normalized spacial score (nSPS) is 18.9. The Morgan fingerprint density at radius 1 is 1.37 bits per heavy atom. The second-order valence-corrected chi connectivity index (χ2v) is 4.51. The van der Waals surface area contributed by atoms with Gasteiger partial charge in [-0.3, -0.25) is 4.79 Å². The molecular weight excluding hydrogens is 244 g/mol. The molecule has 0 amide bonds. The molecular formula is C14H12N2O3. The van der Waals surface area contributed by atoms with Crippen molar-refractivity contribution < 1.29 is 15.0 Å². The van der Waals surface area contributed by atoms with Gasteiger partial charge in [0.1, 0.15) is 5.92 Å². The summed E-state index contributed by atoms with van der Waals surface area (Å²) < 4.78 is 0. The van der Waals surface area contributed by atoms with Crippen LogP contribution in [0.15, 0.2) is 18.2 Å². The molecule has 0 fully saturated rings. The maximum absolute atomic E-state index is 11.2. The third-order valence-electron chi connectivity index (χ3n) is 3.34. The van der Waals surface area contributed by atoms with E-state index in [9.17, 15) is 15.0 Å². The van der Waals surface area contributed by atoms with Crippen LogP contribution in [-0.2, 0) is 4.79 Å². The lowest BCUT2D eigenvalue weighted by Gasteiger charge is -2.15. The van der Waals surface area contributed by atoms with Gasteiger partial charge in [0.2, 0.25) is 0 Å². The molecule has 0 saturated heterocycles. The molecule has 0 radical (unpaired) electrons. The maximum atomic E-state index is 11.2. The minimum Gasteiger partial charge on any atom is -0.515 e. The molecule has 1 aromatic carbocycles. The molecule has 5 nitrogen and oxygen atoms in total. The highest BCUT2D eigenvalue weighted by Crippen LogP contribution is 2.21. The number of fused-ring (bicyclic) bond motifs is 2. The van der Waals surface area contributed by atoms with Crippen molar-refractivity contribution >= 4 is 29.3 Å². The van der Waals surface area contributed by atoms with Crippen LogP contribution < -0.4 is 10.6 Å². The smallest absolute Gasteiger partial charge is 0.312 e. The molecule has 1 aliphatic rings. The van der Waals surface area contributed by atoms with Crippen molar-refractivity contribution in [1.82, 2.24) is 9.97 Å². The number of aliphatic hydroxyl groups excluding tert-OH is 1. The van der Waals surface area contributed by atoms with E-state index in [4.69, 9.17) is 0 Å². The van der Waals surface area contributed by atoms with Crippen LogP contribution in [-0.4, -0.2) is 26.2 Å². The van der Waals surface area contributed by atoms with Crippen molar-refractivity contribution in [3.05, 3.63) is 34.5 Å². The summed E-state index contributed by atoms with van der Waals surface area (Å²) in [5, 5.41) is 19.6. The largest absolute Gasteiger partial charge is 0.515 e. The predicted molar refractivity (Wildman–Crippen MR) is 70.0 cm³/mol. The van der Waals surface area contributed by atoms with Crippen LogP contribution in [0.1, 0.15) is 24.5 Å². The number of aliphatic hydroxyl groups is 1. The van der Waals surface area contributed by atoms with Gasteiger partial charge in [-0.25, -0.2) is 9.97 Å². The Morgan fingerprint density at radius 3 is 2.95 bits per heavy atom. The molecule has 1 atom stereocenters. The zero-order valence-electron chi connectivity index (χ0n) is 10.1. The molecule has 1 heterocycles. The Kier molecular flexibility index (Phi) is 2.67. The number of benzene rings is 1. The number of aromatic nitrogens is 2. The van der Waals surface area contributed by atoms with Crippen LogP contribution in [0, 0.1) is 0 Å². The van der Waals surface area contributed by atoms with Gasteiger partial charge < -0.3 is 10.2 Å². The highest BCUT2D eigenvalue weighted by atomic mass is 16.4. The molecule has 5 heteroatoms. The summed E-state index contributed by atoms with van der Waals surface area (Å²) in [5.74, 6) is -1.47. The topological polar surface area (TPSA) is 83.3 Å². The Morgan fingerprint density at radius 2 is 2.21 bits per heavy atom. The van der Waals surface area contributed by atoms with Gasteiger partial charge >= 0.3 is 5.97 Å². The number of para-hydroxylation sites is 1. The summed E-state index contributed by atoms with van der Waals surface area (Å²) in [4.78, 5) is 20.1. The number of nitrogens with zero attached hydrogens (tertiary/aromatic N) is 2. The lowest BCUT2D eigenvalue weighted by Crippen LogP contribution is -2.29. The Labute approximate surface area is 108 Å². The third-order valence-corrected chi connectivity index (χ3v) is 3.34. The first-order valence-corrected chi connectivity index (χ1v) is 6.05. The zero-order valence-corrected chi connectivity index (χ0v) is 10.1. The van der Waals surface area contributed by atoms with E-state index in [1.807, 2.05) is 6.08 Å². The summed E-state index contributed by atoms with van der Waals surface area (Å²) in [6, 6.07) is 5.26. The predicted octanol–water partition coefficient (Wildman–Crippen LogP) is 0.668. The number of carboxylic acid groups (broad SMARTS) is 1. The first-order chi connectivity index (χ1) is 9.20. The Hall–Kier alpha value is -2.43.